The zero-order valence-corrected chi connectivity index (χ0v) is 11.8. The van der Waals surface area contributed by atoms with Crippen molar-refractivity contribution in [1.29, 1.82) is 0 Å². The van der Waals surface area contributed by atoms with Crippen molar-refractivity contribution in [1.82, 2.24) is 0 Å². The predicted molar refractivity (Wildman–Crippen MR) is 48.9 cm³/mol. The van der Waals surface area contributed by atoms with E-state index in [-0.39, 0.29) is 31.0 Å². The Hall–Kier alpha value is -0.350. The fraction of sp³-hybridized carbons (Fsp3) is 0.250. The molecule has 18 heavy (non-hydrogen) atoms. The third-order valence-corrected chi connectivity index (χ3v) is 2.50. The van der Waals surface area contributed by atoms with Crippen molar-refractivity contribution >= 4 is 10.1 Å². The molecule has 0 heterocycles. The summed E-state index contributed by atoms with van der Waals surface area (Å²) >= 11 is 0. The zero-order valence-electron chi connectivity index (χ0n) is 9.98. The fourth-order valence-electron chi connectivity index (χ4n) is 0.881. The van der Waals surface area contributed by atoms with E-state index in [1.54, 1.807) is 0 Å². The van der Waals surface area contributed by atoms with Crippen LogP contribution in [-0.4, -0.2) is 25.5 Å². The van der Waals surface area contributed by atoms with Gasteiger partial charge in [-0.15, -0.1) is 0 Å². The van der Waals surface area contributed by atoms with Crippen molar-refractivity contribution in [2.24, 2.45) is 0 Å². The molecule has 0 atom stereocenters. The van der Waals surface area contributed by atoms with Crippen LogP contribution in [0.4, 0.5) is 17.6 Å². The molecule has 1 rings (SSSR count). The van der Waals surface area contributed by atoms with Crippen molar-refractivity contribution in [3.8, 4) is 5.75 Å². The number of rotatable bonds is 4. The third kappa shape index (κ3) is 4.73. The minimum Gasteiger partial charge on any atom is -1.00 e. The molecule has 0 bridgehead atoms. The van der Waals surface area contributed by atoms with E-state index >= 15 is 0 Å². The average Bonchev–Trinajstić information content (AvgIpc) is 2.16. The molecule has 0 radical (unpaired) electrons. The summed E-state index contributed by atoms with van der Waals surface area (Å²) in [5, 5.41) is 0. The van der Waals surface area contributed by atoms with Gasteiger partial charge in [0.05, 0.1) is 4.90 Å². The molecule has 10 heteroatoms. The molecule has 1 aromatic carbocycles. The first kappa shape index (κ1) is 17.6. The van der Waals surface area contributed by atoms with Crippen LogP contribution in [0, 0.1) is 0 Å². The minimum atomic E-state index is -4.67. The van der Waals surface area contributed by atoms with Gasteiger partial charge in [-0.05, 0) is 24.3 Å². The number of alkyl halides is 4. The monoisotopic (exact) mass is 298 g/mol. The topological polar surface area (TPSA) is 63.6 Å². The van der Waals surface area contributed by atoms with E-state index in [9.17, 15) is 26.0 Å². The van der Waals surface area contributed by atoms with Gasteiger partial charge in [-0.2, -0.15) is 26.0 Å². The molecule has 1 aromatic rings. The Morgan fingerprint density at radius 1 is 1.22 bits per heavy atom. The van der Waals surface area contributed by atoms with Crippen LogP contribution >= 0.6 is 0 Å². The van der Waals surface area contributed by atoms with Gasteiger partial charge in [-0.3, -0.25) is 4.55 Å². The molecule has 0 saturated heterocycles. The van der Waals surface area contributed by atoms with Gasteiger partial charge in [0.15, 0.2) is 0 Å². The quantitative estimate of drug-likeness (QED) is 0.453. The summed E-state index contributed by atoms with van der Waals surface area (Å²) in [5.74, 6) is -0.650. The second-order valence-corrected chi connectivity index (χ2v) is 4.33. The van der Waals surface area contributed by atoms with Crippen molar-refractivity contribution in [2.45, 2.75) is 17.4 Å². The Morgan fingerprint density at radius 2 is 1.67 bits per heavy atom. The summed E-state index contributed by atoms with van der Waals surface area (Å²) in [4.78, 5) is -0.565. The predicted octanol–water partition coefficient (Wildman–Crippen LogP) is -0.713. The smallest absolute Gasteiger partial charge is 1.00 e. The molecule has 1 N–H and O–H groups in total. The number of benzene rings is 1. The molecule has 98 valence electrons. The van der Waals surface area contributed by atoms with Crippen LogP contribution in [-0.2, 0) is 10.1 Å². The molecule has 0 spiro atoms. The van der Waals surface area contributed by atoms with Gasteiger partial charge in [-0.25, -0.2) is 0 Å². The SMILES string of the molecule is O=S(=O)(O)c1ccc(OC(F)(F)C(F)F)cc1.[H-].[Na+]. The molecule has 0 aliphatic rings. The fourth-order valence-corrected chi connectivity index (χ4v) is 1.36. The summed E-state index contributed by atoms with van der Waals surface area (Å²) in [6, 6.07) is 2.93. The molecule has 0 saturated carbocycles. The minimum absolute atomic E-state index is 0. The van der Waals surface area contributed by atoms with E-state index in [0.29, 0.717) is 0 Å². The number of ether oxygens (including phenoxy) is 1. The maximum Gasteiger partial charge on any atom is 1.00 e. The van der Waals surface area contributed by atoms with E-state index in [4.69, 9.17) is 4.55 Å². The van der Waals surface area contributed by atoms with E-state index in [1.807, 2.05) is 0 Å². The Labute approximate surface area is 123 Å². The standard InChI is InChI=1S/C8H6F4O4S.Na.H/c9-7(10)8(11,12)16-5-1-3-6(4-2-5)17(13,14)15;;/h1-4,7H,(H,13,14,15);;/q;+1;-1. The molecule has 4 nitrogen and oxygen atoms in total. The van der Waals surface area contributed by atoms with Crippen LogP contribution in [0.25, 0.3) is 0 Å². The molecule has 0 fully saturated rings. The molecular weight excluding hydrogens is 291 g/mol. The molecular formula is C8H7F4NaO4S. The first-order valence-electron chi connectivity index (χ1n) is 4.05. The Morgan fingerprint density at radius 3 is 2.00 bits per heavy atom. The number of hydrogen-bond acceptors (Lipinski definition) is 3. The molecule has 0 amide bonds. The van der Waals surface area contributed by atoms with Crippen molar-refractivity contribution in [2.75, 3.05) is 0 Å². The van der Waals surface area contributed by atoms with Gasteiger partial charge in [0.2, 0.25) is 0 Å². The second-order valence-electron chi connectivity index (χ2n) is 2.91. The van der Waals surface area contributed by atoms with E-state index in [2.05, 4.69) is 4.74 Å². The third-order valence-electron chi connectivity index (χ3n) is 1.63. The maximum atomic E-state index is 12.4. The largest absolute Gasteiger partial charge is 1.00 e. The van der Waals surface area contributed by atoms with E-state index < -0.39 is 33.3 Å². The van der Waals surface area contributed by atoms with Gasteiger partial charge < -0.3 is 6.16 Å². The first-order valence-corrected chi connectivity index (χ1v) is 5.49. The Balaban J connectivity index is 0. The first-order chi connectivity index (χ1) is 7.63. The second kappa shape index (κ2) is 6.20. The van der Waals surface area contributed by atoms with Crippen molar-refractivity contribution < 1.29 is 66.3 Å². The summed E-state index contributed by atoms with van der Waals surface area (Å²) in [5.41, 5.74) is 0. The van der Waals surface area contributed by atoms with Crippen LogP contribution in [0.2, 0.25) is 0 Å². The summed E-state index contributed by atoms with van der Waals surface area (Å²) in [6.07, 6.45) is -8.68. The van der Waals surface area contributed by atoms with Gasteiger partial charge in [0.1, 0.15) is 5.75 Å². The summed E-state index contributed by atoms with van der Waals surface area (Å²) < 4.78 is 81.8. The van der Waals surface area contributed by atoms with Gasteiger partial charge >= 0.3 is 42.1 Å². The zero-order chi connectivity index (χ0) is 13.3. The molecule has 0 aliphatic carbocycles. The van der Waals surface area contributed by atoms with Crippen LogP contribution in [0.15, 0.2) is 29.2 Å². The van der Waals surface area contributed by atoms with Crippen LogP contribution < -0.4 is 34.3 Å². The van der Waals surface area contributed by atoms with E-state index in [0.717, 1.165) is 24.3 Å². The van der Waals surface area contributed by atoms with Crippen LogP contribution in [0.5, 0.6) is 5.75 Å². The van der Waals surface area contributed by atoms with Crippen molar-refractivity contribution in [3.05, 3.63) is 24.3 Å². The van der Waals surface area contributed by atoms with Gasteiger partial charge in [-0.1, -0.05) is 0 Å². The van der Waals surface area contributed by atoms with Gasteiger partial charge in [0.25, 0.3) is 10.1 Å². The van der Waals surface area contributed by atoms with Crippen molar-refractivity contribution in [3.63, 3.8) is 0 Å². The van der Waals surface area contributed by atoms with Gasteiger partial charge in [0, 0.05) is 0 Å². The molecule has 0 aliphatic heterocycles. The average molecular weight is 298 g/mol. The number of hydrogen-bond donors (Lipinski definition) is 1. The number of halogens is 4. The molecule has 0 unspecified atom stereocenters. The molecule has 0 aromatic heterocycles. The Bertz CT molecular complexity index is 494. The van der Waals surface area contributed by atoms with E-state index in [1.165, 1.54) is 0 Å². The summed E-state index contributed by atoms with van der Waals surface area (Å²) in [7, 11) is -4.47. The maximum absolute atomic E-state index is 12.4. The van der Waals surface area contributed by atoms with Crippen LogP contribution in [0.3, 0.4) is 0 Å². The Kier molecular flexibility index (Phi) is 6.08. The normalized spacial score (nSPS) is 12.1. The summed E-state index contributed by atoms with van der Waals surface area (Å²) in [6.45, 7) is 0. The van der Waals surface area contributed by atoms with Crippen LogP contribution in [0.1, 0.15) is 1.43 Å².